The summed E-state index contributed by atoms with van der Waals surface area (Å²) >= 11 is 5.11. The lowest BCUT2D eigenvalue weighted by Gasteiger charge is -2.17. The van der Waals surface area contributed by atoms with Crippen LogP contribution in [0, 0.1) is 5.82 Å². The number of thioether (sulfide) groups is 1. The predicted octanol–water partition coefficient (Wildman–Crippen LogP) is 3.56. The Kier molecular flexibility index (Phi) is 4.62. The Hall–Kier alpha value is -0.0600. The fraction of sp³-hybridized carbons (Fsp3) is 0.455. The van der Waals surface area contributed by atoms with Crippen LogP contribution in [0.1, 0.15) is 19.4 Å². The molecule has 1 nitrogen and oxygen atoms in total. The fourth-order valence-electron chi connectivity index (χ4n) is 1.08. The van der Waals surface area contributed by atoms with Crippen molar-refractivity contribution >= 4 is 27.7 Å². The molecule has 2 N–H and O–H groups in total. The Labute approximate surface area is 103 Å². The second kappa shape index (κ2) is 5.32. The molecule has 1 rings (SSSR count). The Bertz CT molecular complexity index is 336. The van der Waals surface area contributed by atoms with Crippen molar-refractivity contribution < 1.29 is 4.39 Å². The maximum atomic E-state index is 13.0. The van der Waals surface area contributed by atoms with Crippen LogP contribution in [0.5, 0.6) is 0 Å². The summed E-state index contributed by atoms with van der Waals surface area (Å²) in [5.41, 5.74) is 6.66. The van der Waals surface area contributed by atoms with Gasteiger partial charge in [-0.3, -0.25) is 0 Å². The Morgan fingerprint density at radius 3 is 2.73 bits per heavy atom. The zero-order valence-corrected chi connectivity index (χ0v) is 11.3. The molecule has 0 amide bonds. The zero-order valence-electron chi connectivity index (χ0n) is 8.89. The topological polar surface area (TPSA) is 26.0 Å². The van der Waals surface area contributed by atoms with E-state index in [1.165, 1.54) is 6.07 Å². The van der Waals surface area contributed by atoms with Crippen molar-refractivity contribution in [1.29, 1.82) is 0 Å². The van der Waals surface area contributed by atoms with Crippen LogP contribution in [-0.4, -0.2) is 11.3 Å². The molecule has 0 spiro atoms. The molecule has 0 heterocycles. The molecule has 0 atom stereocenters. The van der Waals surface area contributed by atoms with Gasteiger partial charge >= 0.3 is 0 Å². The summed E-state index contributed by atoms with van der Waals surface area (Å²) in [5, 5.41) is 0. The molecule has 0 fully saturated rings. The predicted molar refractivity (Wildman–Crippen MR) is 68.5 cm³/mol. The van der Waals surface area contributed by atoms with Gasteiger partial charge in [-0.25, -0.2) is 4.39 Å². The first-order valence-corrected chi connectivity index (χ1v) is 6.64. The molecule has 4 heteroatoms. The van der Waals surface area contributed by atoms with Crippen molar-refractivity contribution in [2.24, 2.45) is 5.73 Å². The van der Waals surface area contributed by atoms with E-state index in [0.29, 0.717) is 0 Å². The monoisotopic (exact) mass is 291 g/mol. The third-order valence-electron chi connectivity index (χ3n) is 1.74. The van der Waals surface area contributed by atoms with E-state index in [1.807, 2.05) is 13.8 Å². The van der Waals surface area contributed by atoms with Crippen LogP contribution in [-0.2, 0) is 5.75 Å². The average Bonchev–Trinajstić information content (AvgIpc) is 2.09. The van der Waals surface area contributed by atoms with Crippen LogP contribution >= 0.6 is 27.7 Å². The van der Waals surface area contributed by atoms with Gasteiger partial charge in [0.2, 0.25) is 0 Å². The third kappa shape index (κ3) is 5.00. The minimum absolute atomic E-state index is 0.176. The first-order valence-electron chi connectivity index (χ1n) is 4.69. The lowest BCUT2D eigenvalue weighted by Crippen LogP contribution is -2.34. The van der Waals surface area contributed by atoms with Crippen molar-refractivity contribution in [3.05, 3.63) is 34.1 Å². The van der Waals surface area contributed by atoms with Crippen molar-refractivity contribution in [1.82, 2.24) is 0 Å². The van der Waals surface area contributed by atoms with Crippen LogP contribution < -0.4 is 5.73 Å². The average molecular weight is 292 g/mol. The summed E-state index contributed by atoms with van der Waals surface area (Å²) in [6.07, 6.45) is 0. The summed E-state index contributed by atoms with van der Waals surface area (Å²) < 4.78 is 13.9. The highest BCUT2D eigenvalue weighted by molar-refractivity contribution is 9.10. The van der Waals surface area contributed by atoms with Crippen molar-refractivity contribution in [3.63, 3.8) is 0 Å². The summed E-state index contributed by atoms with van der Waals surface area (Å²) in [4.78, 5) is 0. The molecule has 0 aromatic heterocycles. The minimum Gasteiger partial charge on any atom is -0.325 e. The number of nitrogens with two attached hydrogens (primary N) is 1. The van der Waals surface area contributed by atoms with Gasteiger partial charge in [-0.2, -0.15) is 11.8 Å². The highest BCUT2D eigenvalue weighted by Gasteiger charge is 2.11. The summed E-state index contributed by atoms with van der Waals surface area (Å²) in [6.45, 7) is 3.97. The van der Waals surface area contributed by atoms with E-state index in [0.717, 1.165) is 21.5 Å². The van der Waals surface area contributed by atoms with E-state index in [-0.39, 0.29) is 11.4 Å². The van der Waals surface area contributed by atoms with E-state index in [2.05, 4.69) is 15.9 Å². The molecule has 0 bridgehead atoms. The van der Waals surface area contributed by atoms with Gasteiger partial charge in [-0.1, -0.05) is 15.9 Å². The molecule has 0 aliphatic carbocycles. The highest BCUT2D eigenvalue weighted by atomic mass is 79.9. The summed E-state index contributed by atoms with van der Waals surface area (Å²) in [5.74, 6) is 1.44. The minimum atomic E-state index is -0.194. The van der Waals surface area contributed by atoms with Gasteiger partial charge in [0.25, 0.3) is 0 Å². The maximum absolute atomic E-state index is 13.0. The van der Waals surface area contributed by atoms with Gasteiger partial charge in [0, 0.05) is 21.5 Å². The standard InChI is InChI=1S/C11H15BrFNS/c1-11(2,14)7-15-6-8-5-9(13)3-4-10(8)12/h3-5H,6-7,14H2,1-2H3. The normalized spacial score (nSPS) is 11.8. The van der Waals surface area contributed by atoms with Crippen LogP contribution in [0.15, 0.2) is 22.7 Å². The number of halogens is 2. The number of benzene rings is 1. The molecule has 0 unspecified atom stereocenters. The quantitative estimate of drug-likeness (QED) is 0.918. The number of hydrogen-bond donors (Lipinski definition) is 1. The Morgan fingerprint density at radius 1 is 1.47 bits per heavy atom. The molecule has 1 aromatic carbocycles. The molecule has 15 heavy (non-hydrogen) atoms. The van der Waals surface area contributed by atoms with Gasteiger partial charge in [0.05, 0.1) is 0 Å². The number of hydrogen-bond acceptors (Lipinski definition) is 2. The van der Waals surface area contributed by atoms with Crippen molar-refractivity contribution in [3.8, 4) is 0 Å². The first kappa shape index (κ1) is 13.0. The van der Waals surface area contributed by atoms with Gasteiger partial charge in [0.1, 0.15) is 5.82 Å². The lowest BCUT2D eigenvalue weighted by atomic mass is 10.1. The summed E-state index contributed by atoms with van der Waals surface area (Å²) in [7, 11) is 0. The molecule has 0 aliphatic rings. The first-order chi connectivity index (χ1) is 6.88. The molecular formula is C11H15BrFNS. The Morgan fingerprint density at radius 2 is 2.13 bits per heavy atom. The van der Waals surface area contributed by atoms with E-state index in [9.17, 15) is 4.39 Å². The molecule has 0 saturated carbocycles. The second-order valence-electron chi connectivity index (χ2n) is 4.22. The molecule has 84 valence electrons. The highest BCUT2D eigenvalue weighted by Crippen LogP contribution is 2.23. The Balaban J connectivity index is 2.54. The largest absolute Gasteiger partial charge is 0.325 e. The van der Waals surface area contributed by atoms with Crippen molar-refractivity contribution in [2.45, 2.75) is 25.1 Å². The van der Waals surface area contributed by atoms with Crippen LogP contribution in [0.25, 0.3) is 0 Å². The van der Waals surface area contributed by atoms with E-state index in [4.69, 9.17) is 5.73 Å². The van der Waals surface area contributed by atoms with Crippen molar-refractivity contribution in [2.75, 3.05) is 5.75 Å². The van der Waals surface area contributed by atoms with E-state index < -0.39 is 0 Å². The van der Waals surface area contributed by atoms with Gasteiger partial charge in [-0.05, 0) is 37.6 Å². The molecule has 0 aliphatic heterocycles. The van der Waals surface area contributed by atoms with Gasteiger partial charge in [-0.15, -0.1) is 0 Å². The molecule has 1 aromatic rings. The summed E-state index contributed by atoms with van der Waals surface area (Å²) in [6, 6.07) is 4.74. The lowest BCUT2D eigenvalue weighted by molar-refractivity contribution is 0.591. The van der Waals surface area contributed by atoms with E-state index >= 15 is 0 Å². The van der Waals surface area contributed by atoms with Crippen LogP contribution in [0.4, 0.5) is 4.39 Å². The molecule has 0 saturated heterocycles. The maximum Gasteiger partial charge on any atom is 0.123 e. The van der Waals surface area contributed by atoms with E-state index in [1.54, 1.807) is 23.9 Å². The van der Waals surface area contributed by atoms with Crippen LogP contribution in [0.3, 0.4) is 0 Å². The number of rotatable bonds is 4. The third-order valence-corrected chi connectivity index (χ3v) is 3.98. The second-order valence-corrected chi connectivity index (χ2v) is 6.06. The fourth-order valence-corrected chi connectivity index (χ4v) is 2.74. The van der Waals surface area contributed by atoms with Gasteiger partial charge in [0.15, 0.2) is 0 Å². The van der Waals surface area contributed by atoms with Gasteiger partial charge < -0.3 is 5.73 Å². The zero-order chi connectivity index (χ0) is 11.5. The molecule has 0 radical (unpaired) electrons. The molecular weight excluding hydrogens is 277 g/mol. The smallest absolute Gasteiger partial charge is 0.123 e. The van der Waals surface area contributed by atoms with Crippen LogP contribution in [0.2, 0.25) is 0 Å². The SMILES string of the molecule is CC(C)(N)CSCc1cc(F)ccc1Br.